The highest BCUT2D eigenvalue weighted by atomic mass is 32.2. The van der Waals surface area contributed by atoms with Crippen molar-refractivity contribution in [1.82, 2.24) is 20.4 Å². The Morgan fingerprint density at radius 1 is 1.25 bits per heavy atom. The van der Waals surface area contributed by atoms with E-state index in [1.165, 1.54) is 0 Å². The predicted molar refractivity (Wildman–Crippen MR) is 90.2 cm³/mol. The third-order valence-electron chi connectivity index (χ3n) is 4.02. The SMILES string of the molecule is O=C(NCc1ccccc1Cn1cccn1)N[C@H]1CCS(=O)(=O)C1. The van der Waals surface area contributed by atoms with Crippen LogP contribution in [0.25, 0.3) is 0 Å². The van der Waals surface area contributed by atoms with Crippen molar-refractivity contribution >= 4 is 15.9 Å². The maximum absolute atomic E-state index is 12.0. The van der Waals surface area contributed by atoms with E-state index in [1.807, 2.05) is 41.2 Å². The minimum atomic E-state index is -3.00. The first kappa shape index (κ1) is 16.5. The number of urea groups is 1. The first-order valence-electron chi connectivity index (χ1n) is 7.81. The van der Waals surface area contributed by atoms with Gasteiger partial charge in [-0.3, -0.25) is 4.68 Å². The number of carbonyl (C=O) groups excluding carboxylic acids is 1. The summed E-state index contributed by atoms with van der Waals surface area (Å²) in [5.41, 5.74) is 2.08. The van der Waals surface area contributed by atoms with Gasteiger partial charge in [0.05, 0.1) is 18.1 Å². The molecule has 1 aromatic heterocycles. The van der Waals surface area contributed by atoms with Crippen molar-refractivity contribution in [3.05, 3.63) is 53.9 Å². The lowest BCUT2D eigenvalue weighted by atomic mass is 10.1. The second kappa shape index (κ2) is 7.04. The molecule has 128 valence electrons. The highest BCUT2D eigenvalue weighted by Gasteiger charge is 2.28. The molecule has 0 unspecified atom stereocenters. The van der Waals surface area contributed by atoms with Gasteiger partial charge in [0.1, 0.15) is 0 Å². The molecule has 0 bridgehead atoms. The normalized spacial score (nSPS) is 19.1. The zero-order valence-corrected chi connectivity index (χ0v) is 14.0. The molecule has 0 saturated carbocycles. The van der Waals surface area contributed by atoms with Gasteiger partial charge in [0.25, 0.3) is 0 Å². The smallest absolute Gasteiger partial charge is 0.315 e. The molecule has 2 aromatic rings. The number of sulfone groups is 1. The molecule has 1 aromatic carbocycles. The largest absolute Gasteiger partial charge is 0.334 e. The number of carbonyl (C=O) groups is 1. The predicted octanol–water partition coefficient (Wildman–Crippen LogP) is 0.918. The third kappa shape index (κ3) is 4.35. The van der Waals surface area contributed by atoms with Crippen molar-refractivity contribution in [2.24, 2.45) is 0 Å². The van der Waals surface area contributed by atoms with Crippen molar-refractivity contribution in [3.8, 4) is 0 Å². The molecular weight excluding hydrogens is 328 g/mol. The molecule has 0 spiro atoms. The number of nitrogens with zero attached hydrogens (tertiary/aromatic N) is 2. The van der Waals surface area contributed by atoms with Gasteiger partial charge in [0.15, 0.2) is 9.84 Å². The molecule has 8 heteroatoms. The molecule has 2 N–H and O–H groups in total. The fourth-order valence-corrected chi connectivity index (χ4v) is 4.45. The molecule has 2 heterocycles. The van der Waals surface area contributed by atoms with Gasteiger partial charge in [-0.05, 0) is 23.6 Å². The standard InChI is InChI=1S/C16H20N4O3S/c21-16(19-15-6-9-24(22,23)12-15)17-10-13-4-1-2-5-14(13)11-20-8-3-7-18-20/h1-5,7-8,15H,6,9-12H2,(H2,17,19,21)/t15-/m0/s1. The molecule has 2 amide bonds. The summed E-state index contributed by atoms with van der Waals surface area (Å²) in [6.45, 7) is 1.01. The lowest BCUT2D eigenvalue weighted by Crippen LogP contribution is -2.42. The van der Waals surface area contributed by atoms with Gasteiger partial charge in [-0.15, -0.1) is 0 Å². The highest BCUT2D eigenvalue weighted by molar-refractivity contribution is 7.91. The molecule has 1 atom stereocenters. The van der Waals surface area contributed by atoms with Crippen LogP contribution in [-0.2, 0) is 22.9 Å². The summed E-state index contributed by atoms with van der Waals surface area (Å²) in [4.78, 5) is 12.0. The quantitative estimate of drug-likeness (QED) is 0.840. The average molecular weight is 348 g/mol. The molecule has 1 aliphatic rings. The number of nitrogens with one attached hydrogen (secondary N) is 2. The second-order valence-corrected chi connectivity index (χ2v) is 8.13. The van der Waals surface area contributed by atoms with Gasteiger partial charge < -0.3 is 10.6 Å². The highest BCUT2D eigenvalue weighted by Crippen LogP contribution is 2.12. The molecule has 24 heavy (non-hydrogen) atoms. The zero-order chi connectivity index (χ0) is 17.0. The molecule has 7 nitrogen and oxygen atoms in total. The van der Waals surface area contributed by atoms with Gasteiger partial charge in [-0.25, -0.2) is 13.2 Å². The summed E-state index contributed by atoms with van der Waals surface area (Å²) in [6.07, 6.45) is 4.09. The summed E-state index contributed by atoms with van der Waals surface area (Å²) >= 11 is 0. The molecule has 0 radical (unpaired) electrons. The van der Waals surface area contributed by atoms with E-state index in [0.717, 1.165) is 11.1 Å². The Morgan fingerprint density at radius 3 is 2.71 bits per heavy atom. The van der Waals surface area contributed by atoms with Crippen LogP contribution in [0.4, 0.5) is 4.79 Å². The van der Waals surface area contributed by atoms with E-state index in [2.05, 4.69) is 15.7 Å². The lowest BCUT2D eigenvalue weighted by Gasteiger charge is -2.14. The van der Waals surface area contributed by atoms with Crippen LogP contribution in [0.1, 0.15) is 17.5 Å². The number of rotatable bonds is 5. The van der Waals surface area contributed by atoms with Gasteiger partial charge >= 0.3 is 6.03 Å². The molecular formula is C16H20N4O3S. The van der Waals surface area contributed by atoms with Crippen LogP contribution >= 0.6 is 0 Å². The van der Waals surface area contributed by atoms with Crippen molar-refractivity contribution in [2.45, 2.75) is 25.6 Å². The zero-order valence-electron chi connectivity index (χ0n) is 13.2. The molecule has 0 aliphatic carbocycles. The van der Waals surface area contributed by atoms with E-state index in [4.69, 9.17) is 0 Å². The molecule has 1 aliphatic heterocycles. The Hall–Kier alpha value is -2.35. The van der Waals surface area contributed by atoms with Crippen LogP contribution in [0.3, 0.4) is 0 Å². The maximum Gasteiger partial charge on any atom is 0.315 e. The first-order valence-corrected chi connectivity index (χ1v) is 9.63. The molecule has 1 fully saturated rings. The first-order chi connectivity index (χ1) is 11.5. The fraction of sp³-hybridized carbons (Fsp3) is 0.375. The van der Waals surface area contributed by atoms with Crippen LogP contribution in [0.15, 0.2) is 42.7 Å². The Bertz CT molecular complexity index is 802. The summed E-state index contributed by atoms with van der Waals surface area (Å²) in [5.74, 6) is 0.168. The average Bonchev–Trinajstić information content (AvgIpc) is 3.16. The number of hydrogen-bond donors (Lipinski definition) is 2. The lowest BCUT2D eigenvalue weighted by molar-refractivity contribution is 0.237. The number of aromatic nitrogens is 2. The van der Waals surface area contributed by atoms with E-state index in [0.29, 0.717) is 19.5 Å². The monoisotopic (exact) mass is 348 g/mol. The summed E-state index contributed by atoms with van der Waals surface area (Å²) in [7, 11) is -3.00. The molecule has 3 rings (SSSR count). The van der Waals surface area contributed by atoms with E-state index >= 15 is 0 Å². The van der Waals surface area contributed by atoms with Crippen molar-refractivity contribution in [1.29, 1.82) is 0 Å². The molecule has 1 saturated heterocycles. The summed E-state index contributed by atoms with van der Waals surface area (Å²) in [6, 6.07) is 9.06. The van der Waals surface area contributed by atoms with E-state index < -0.39 is 9.84 Å². The van der Waals surface area contributed by atoms with Crippen LogP contribution < -0.4 is 10.6 Å². The van der Waals surface area contributed by atoms with Crippen LogP contribution in [0.2, 0.25) is 0 Å². The number of hydrogen-bond acceptors (Lipinski definition) is 4. The second-order valence-electron chi connectivity index (χ2n) is 5.90. The fourth-order valence-electron chi connectivity index (χ4n) is 2.77. The minimum absolute atomic E-state index is 0.0241. The maximum atomic E-state index is 12.0. The van der Waals surface area contributed by atoms with Gasteiger partial charge in [-0.2, -0.15) is 5.10 Å². The van der Waals surface area contributed by atoms with Crippen LogP contribution in [-0.4, -0.2) is 41.8 Å². The van der Waals surface area contributed by atoms with Crippen LogP contribution in [0.5, 0.6) is 0 Å². The third-order valence-corrected chi connectivity index (χ3v) is 5.78. The number of amides is 2. The van der Waals surface area contributed by atoms with E-state index in [-0.39, 0.29) is 23.6 Å². The van der Waals surface area contributed by atoms with Crippen molar-refractivity contribution in [3.63, 3.8) is 0 Å². The van der Waals surface area contributed by atoms with Crippen molar-refractivity contribution in [2.75, 3.05) is 11.5 Å². The number of benzene rings is 1. The Labute approximate surface area is 141 Å². The summed E-state index contributed by atoms with van der Waals surface area (Å²) in [5, 5.41) is 9.71. The van der Waals surface area contributed by atoms with Gasteiger partial charge in [0.2, 0.25) is 0 Å². The Balaban J connectivity index is 1.55. The van der Waals surface area contributed by atoms with Gasteiger partial charge in [-0.1, -0.05) is 24.3 Å². The van der Waals surface area contributed by atoms with Crippen LogP contribution in [0, 0.1) is 0 Å². The van der Waals surface area contributed by atoms with E-state index in [1.54, 1.807) is 6.20 Å². The van der Waals surface area contributed by atoms with E-state index in [9.17, 15) is 13.2 Å². The summed E-state index contributed by atoms with van der Waals surface area (Å²) < 4.78 is 24.7. The minimum Gasteiger partial charge on any atom is -0.334 e. The van der Waals surface area contributed by atoms with Gasteiger partial charge in [0, 0.05) is 25.0 Å². The Kier molecular flexibility index (Phi) is 4.84. The van der Waals surface area contributed by atoms with Crippen molar-refractivity contribution < 1.29 is 13.2 Å². The topological polar surface area (TPSA) is 93.1 Å². The Morgan fingerprint density at radius 2 is 2.04 bits per heavy atom.